The van der Waals surface area contributed by atoms with Gasteiger partial charge in [-0.25, -0.2) is 0 Å². The van der Waals surface area contributed by atoms with Crippen LogP contribution in [0, 0.1) is 11.3 Å². The number of nitrogens with zero attached hydrogens (tertiary/aromatic N) is 1. The molecule has 0 bridgehead atoms. The zero-order chi connectivity index (χ0) is 9.94. The van der Waals surface area contributed by atoms with E-state index < -0.39 is 0 Å². The molecular weight excluding hydrogens is 162 g/mol. The molecule has 0 aromatic carbocycles. The first kappa shape index (κ1) is 12.4. The number of ether oxygens (including phenoxy) is 1. The van der Waals surface area contributed by atoms with Crippen LogP contribution < -0.4 is 0 Å². The van der Waals surface area contributed by atoms with Crippen molar-refractivity contribution in [2.75, 3.05) is 6.61 Å². The molecule has 0 saturated carbocycles. The van der Waals surface area contributed by atoms with Crippen LogP contribution in [0.3, 0.4) is 0 Å². The molecule has 0 aliphatic heterocycles. The summed E-state index contributed by atoms with van der Waals surface area (Å²) in [7, 11) is 0. The number of rotatable bonds is 8. The third-order valence-electron chi connectivity index (χ3n) is 2.05. The van der Waals surface area contributed by atoms with E-state index in [9.17, 15) is 0 Å². The second-order valence-electron chi connectivity index (χ2n) is 3.41. The maximum absolute atomic E-state index is 8.43. The summed E-state index contributed by atoms with van der Waals surface area (Å²) < 4.78 is 5.24. The van der Waals surface area contributed by atoms with Crippen molar-refractivity contribution in [3.63, 3.8) is 0 Å². The smallest absolute Gasteiger partial charge is 0.141 e. The number of nitriles is 1. The van der Waals surface area contributed by atoms with Gasteiger partial charge in [0.1, 0.15) is 6.10 Å². The van der Waals surface area contributed by atoms with Gasteiger partial charge in [0.2, 0.25) is 0 Å². The lowest BCUT2D eigenvalue weighted by atomic mass is 10.1. The molecule has 2 heteroatoms. The Morgan fingerprint density at radius 2 is 1.77 bits per heavy atom. The van der Waals surface area contributed by atoms with Crippen molar-refractivity contribution in [2.45, 2.75) is 58.5 Å². The fraction of sp³-hybridized carbons (Fsp3) is 0.909. The molecule has 1 unspecified atom stereocenters. The van der Waals surface area contributed by atoms with Gasteiger partial charge in [0, 0.05) is 6.61 Å². The average molecular weight is 183 g/mol. The van der Waals surface area contributed by atoms with Crippen molar-refractivity contribution in [3.8, 4) is 6.07 Å². The third kappa shape index (κ3) is 9.36. The second kappa shape index (κ2) is 9.54. The Labute approximate surface area is 81.9 Å². The molecule has 0 saturated heterocycles. The van der Waals surface area contributed by atoms with Crippen LogP contribution in [0.15, 0.2) is 0 Å². The molecule has 0 aliphatic rings. The van der Waals surface area contributed by atoms with E-state index in [0.29, 0.717) is 0 Å². The molecule has 0 fully saturated rings. The van der Waals surface area contributed by atoms with E-state index in [0.717, 1.165) is 13.0 Å². The summed E-state index contributed by atoms with van der Waals surface area (Å²) in [6.07, 6.45) is 7.36. The van der Waals surface area contributed by atoms with Crippen LogP contribution in [0.4, 0.5) is 0 Å². The fourth-order valence-electron chi connectivity index (χ4n) is 1.18. The standard InChI is InChI=1S/C11H21NO/c1-3-4-5-6-7-8-9-13-11(2)10-12/h11H,3-9H2,1-2H3. The zero-order valence-electron chi connectivity index (χ0n) is 8.88. The van der Waals surface area contributed by atoms with Crippen molar-refractivity contribution in [1.82, 2.24) is 0 Å². The summed E-state index contributed by atoms with van der Waals surface area (Å²) in [6, 6.07) is 2.05. The number of hydrogen-bond donors (Lipinski definition) is 0. The lowest BCUT2D eigenvalue weighted by Gasteiger charge is -2.04. The first-order valence-electron chi connectivity index (χ1n) is 5.32. The minimum atomic E-state index is -0.240. The minimum absolute atomic E-state index is 0.240. The Morgan fingerprint density at radius 1 is 1.15 bits per heavy atom. The number of hydrogen-bond acceptors (Lipinski definition) is 2. The van der Waals surface area contributed by atoms with E-state index >= 15 is 0 Å². The van der Waals surface area contributed by atoms with Crippen LogP contribution in [0.5, 0.6) is 0 Å². The fourth-order valence-corrected chi connectivity index (χ4v) is 1.18. The van der Waals surface area contributed by atoms with Gasteiger partial charge in [0.05, 0.1) is 6.07 Å². The molecule has 76 valence electrons. The quantitative estimate of drug-likeness (QED) is 0.541. The van der Waals surface area contributed by atoms with Crippen LogP contribution in [0.1, 0.15) is 52.4 Å². The van der Waals surface area contributed by atoms with Crippen LogP contribution in [0.25, 0.3) is 0 Å². The highest BCUT2D eigenvalue weighted by Gasteiger charge is 1.97. The highest BCUT2D eigenvalue weighted by molar-refractivity contribution is 4.78. The maximum atomic E-state index is 8.43. The largest absolute Gasteiger partial charge is 0.364 e. The van der Waals surface area contributed by atoms with Gasteiger partial charge in [0.25, 0.3) is 0 Å². The zero-order valence-corrected chi connectivity index (χ0v) is 8.88. The highest BCUT2D eigenvalue weighted by atomic mass is 16.5. The molecule has 0 aromatic rings. The van der Waals surface area contributed by atoms with Gasteiger partial charge in [0.15, 0.2) is 0 Å². The minimum Gasteiger partial charge on any atom is -0.364 e. The Balaban J connectivity index is 2.96. The van der Waals surface area contributed by atoms with Gasteiger partial charge in [-0.3, -0.25) is 0 Å². The van der Waals surface area contributed by atoms with Gasteiger partial charge in [-0.05, 0) is 13.3 Å². The summed E-state index contributed by atoms with van der Waals surface area (Å²) in [6.45, 7) is 4.75. The van der Waals surface area contributed by atoms with Crippen LogP contribution in [-0.2, 0) is 4.74 Å². The summed E-state index contributed by atoms with van der Waals surface area (Å²) >= 11 is 0. The van der Waals surface area contributed by atoms with Crippen molar-refractivity contribution in [3.05, 3.63) is 0 Å². The Kier molecular flexibility index (Phi) is 9.13. The molecule has 2 nitrogen and oxygen atoms in total. The van der Waals surface area contributed by atoms with E-state index in [4.69, 9.17) is 10.00 Å². The van der Waals surface area contributed by atoms with E-state index in [1.807, 2.05) is 0 Å². The van der Waals surface area contributed by atoms with Gasteiger partial charge < -0.3 is 4.74 Å². The van der Waals surface area contributed by atoms with Crippen molar-refractivity contribution >= 4 is 0 Å². The molecule has 0 N–H and O–H groups in total. The van der Waals surface area contributed by atoms with Crippen LogP contribution in [0.2, 0.25) is 0 Å². The van der Waals surface area contributed by atoms with Gasteiger partial charge in [-0.15, -0.1) is 0 Å². The molecule has 13 heavy (non-hydrogen) atoms. The summed E-state index contributed by atoms with van der Waals surface area (Å²) in [5.41, 5.74) is 0. The van der Waals surface area contributed by atoms with E-state index in [-0.39, 0.29) is 6.10 Å². The SMILES string of the molecule is CCCCCCCCOC(C)C#N. The van der Waals surface area contributed by atoms with Gasteiger partial charge in [-0.2, -0.15) is 5.26 Å². The molecule has 0 amide bonds. The number of unbranched alkanes of at least 4 members (excludes halogenated alkanes) is 5. The Morgan fingerprint density at radius 3 is 2.38 bits per heavy atom. The molecule has 1 atom stereocenters. The third-order valence-corrected chi connectivity index (χ3v) is 2.05. The van der Waals surface area contributed by atoms with E-state index in [1.54, 1.807) is 6.92 Å². The van der Waals surface area contributed by atoms with E-state index in [2.05, 4.69) is 13.0 Å². The lowest BCUT2D eigenvalue weighted by molar-refractivity contribution is 0.0985. The molecule has 0 radical (unpaired) electrons. The van der Waals surface area contributed by atoms with Gasteiger partial charge >= 0.3 is 0 Å². The normalized spacial score (nSPS) is 12.4. The summed E-state index contributed by atoms with van der Waals surface area (Å²) in [4.78, 5) is 0. The van der Waals surface area contributed by atoms with Crippen molar-refractivity contribution in [1.29, 1.82) is 5.26 Å². The predicted molar refractivity (Wildman–Crippen MR) is 54.4 cm³/mol. The topological polar surface area (TPSA) is 33.0 Å². The van der Waals surface area contributed by atoms with Crippen LogP contribution in [-0.4, -0.2) is 12.7 Å². The molecule has 0 aliphatic carbocycles. The maximum Gasteiger partial charge on any atom is 0.141 e. The highest BCUT2D eigenvalue weighted by Crippen LogP contribution is 2.05. The Hall–Kier alpha value is -0.550. The van der Waals surface area contributed by atoms with Gasteiger partial charge in [-0.1, -0.05) is 39.0 Å². The Bertz CT molecular complexity index is 140. The first-order chi connectivity index (χ1) is 6.31. The predicted octanol–water partition coefficient (Wildman–Crippen LogP) is 3.28. The summed E-state index contributed by atoms with van der Waals surface area (Å²) in [5.74, 6) is 0. The molecule has 0 heterocycles. The molecule has 0 spiro atoms. The van der Waals surface area contributed by atoms with Crippen molar-refractivity contribution < 1.29 is 4.74 Å². The average Bonchev–Trinajstić information content (AvgIpc) is 2.16. The molecular formula is C11H21NO. The molecule has 0 rings (SSSR count). The van der Waals surface area contributed by atoms with Crippen molar-refractivity contribution in [2.24, 2.45) is 0 Å². The van der Waals surface area contributed by atoms with E-state index in [1.165, 1.54) is 32.1 Å². The van der Waals surface area contributed by atoms with Crippen LogP contribution >= 0.6 is 0 Å². The second-order valence-corrected chi connectivity index (χ2v) is 3.41. The summed E-state index contributed by atoms with van der Waals surface area (Å²) in [5, 5.41) is 8.43. The lowest BCUT2D eigenvalue weighted by Crippen LogP contribution is -2.05. The first-order valence-corrected chi connectivity index (χ1v) is 5.32. The monoisotopic (exact) mass is 183 g/mol. The molecule has 0 aromatic heterocycles.